The molecule has 0 aliphatic carbocycles. The van der Waals surface area contributed by atoms with Crippen molar-refractivity contribution < 1.29 is 4.74 Å². The van der Waals surface area contributed by atoms with Gasteiger partial charge in [0.25, 0.3) is 0 Å². The van der Waals surface area contributed by atoms with Crippen LogP contribution in [-0.4, -0.2) is 24.8 Å². The van der Waals surface area contributed by atoms with E-state index in [2.05, 4.69) is 7.05 Å². The second-order valence-corrected chi connectivity index (χ2v) is 2.58. The fourth-order valence-electron chi connectivity index (χ4n) is 1.07. The molecule has 1 heterocycles. The molecule has 1 aliphatic heterocycles. The van der Waals surface area contributed by atoms with E-state index in [-0.39, 0.29) is 6.23 Å². The van der Waals surface area contributed by atoms with E-state index in [1.165, 1.54) is 12.8 Å². The lowest BCUT2D eigenvalue weighted by molar-refractivity contribution is -0.0573. The summed E-state index contributed by atoms with van der Waals surface area (Å²) in [6.07, 6.45) is 3.91. The summed E-state index contributed by atoms with van der Waals surface area (Å²) in [7, 11) is 5.72. The van der Waals surface area contributed by atoms with Crippen LogP contribution in [0.1, 0.15) is 19.3 Å². The first-order valence-electron chi connectivity index (χ1n) is 3.45. The van der Waals surface area contributed by atoms with Crippen molar-refractivity contribution in [2.24, 2.45) is 0 Å². The average Bonchev–Trinajstić information content (AvgIpc) is 1.90. The van der Waals surface area contributed by atoms with E-state index in [0.717, 1.165) is 13.0 Å². The van der Waals surface area contributed by atoms with E-state index in [9.17, 15) is 0 Å². The number of rotatable bonds is 1. The van der Waals surface area contributed by atoms with Crippen molar-refractivity contribution in [2.75, 3.05) is 13.7 Å². The van der Waals surface area contributed by atoms with Crippen LogP contribution in [0.3, 0.4) is 0 Å². The van der Waals surface area contributed by atoms with E-state index in [4.69, 9.17) is 4.74 Å². The Hall–Kier alpha value is -0.0800. The largest absolute Gasteiger partial charge is 0.363 e. The summed E-state index contributed by atoms with van der Waals surface area (Å²) in [5.74, 6) is 0. The van der Waals surface area contributed by atoms with E-state index in [1.54, 1.807) is 0 Å². The van der Waals surface area contributed by atoms with Gasteiger partial charge in [0.15, 0.2) is 0 Å². The predicted octanol–water partition coefficient (Wildman–Crippen LogP) is 1.24. The summed E-state index contributed by atoms with van der Waals surface area (Å²) in [6.45, 7) is 0.907. The van der Waals surface area contributed by atoms with Gasteiger partial charge in [0.05, 0.1) is 0 Å². The zero-order valence-corrected chi connectivity index (χ0v) is 5.97. The van der Waals surface area contributed by atoms with Gasteiger partial charge in [-0.2, -0.15) is 0 Å². The molecule has 1 radical (unpaired) electrons. The van der Waals surface area contributed by atoms with E-state index < -0.39 is 0 Å². The first-order chi connectivity index (χ1) is 4.30. The Balaban J connectivity index is 2.23. The van der Waals surface area contributed by atoms with Crippen molar-refractivity contribution in [3.8, 4) is 0 Å². The monoisotopic (exact) mass is 128 g/mol. The lowest BCUT2D eigenvalue weighted by atomic mass is 10.2. The van der Waals surface area contributed by atoms with Gasteiger partial charge in [-0.3, -0.25) is 4.90 Å². The minimum atomic E-state index is 0.277. The van der Waals surface area contributed by atoms with Gasteiger partial charge in [0, 0.05) is 13.7 Å². The summed E-state index contributed by atoms with van der Waals surface area (Å²) in [4.78, 5) is 1.89. The third-order valence-corrected chi connectivity index (χ3v) is 1.65. The van der Waals surface area contributed by atoms with Crippen molar-refractivity contribution in [1.29, 1.82) is 0 Å². The number of nitrogens with zero attached hydrogens (tertiary/aromatic N) is 1. The highest BCUT2D eigenvalue weighted by Crippen LogP contribution is 2.13. The molecule has 0 bridgehead atoms. The molecule has 0 amide bonds. The molecule has 0 aromatic heterocycles. The van der Waals surface area contributed by atoms with Gasteiger partial charge >= 0.3 is 0 Å². The molecule has 2 nitrogen and oxygen atoms in total. The third kappa shape index (κ3) is 1.95. The minimum Gasteiger partial charge on any atom is -0.363 e. The predicted molar refractivity (Wildman–Crippen MR) is 36.7 cm³/mol. The minimum absolute atomic E-state index is 0.277. The lowest BCUT2D eigenvalue weighted by Gasteiger charge is -2.27. The molecule has 1 aliphatic rings. The molecule has 1 unspecified atom stereocenters. The Kier molecular flexibility index (Phi) is 2.49. The van der Waals surface area contributed by atoms with Gasteiger partial charge in [-0.1, -0.05) is 0 Å². The standard InChI is InChI=1S/C7H14NO/c1-8(2)7-5-3-4-6-9-7/h7H,1,3-6H2,2H3. The van der Waals surface area contributed by atoms with Gasteiger partial charge in [0.1, 0.15) is 6.23 Å². The lowest BCUT2D eigenvalue weighted by Crippen LogP contribution is -2.31. The first-order valence-corrected chi connectivity index (χ1v) is 3.45. The van der Waals surface area contributed by atoms with Crippen LogP contribution < -0.4 is 0 Å². The Morgan fingerprint density at radius 3 is 2.67 bits per heavy atom. The molecule has 0 aromatic rings. The maximum absolute atomic E-state index is 5.40. The number of hydrogen-bond donors (Lipinski definition) is 0. The number of ether oxygens (including phenoxy) is 1. The highest BCUT2D eigenvalue weighted by Gasteiger charge is 2.14. The van der Waals surface area contributed by atoms with Crippen LogP contribution >= 0.6 is 0 Å². The molecule has 0 aromatic carbocycles. The molecule has 0 N–H and O–H groups in total. The van der Waals surface area contributed by atoms with Crippen molar-refractivity contribution >= 4 is 0 Å². The SMILES string of the molecule is [CH2]N(C)C1CCCCO1. The summed E-state index contributed by atoms with van der Waals surface area (Å²) < 4.78 is 5.40. The second-order valence-electron chi connectivity index (χ2n) is 2.58. The third-order valence-electron chi connectivity index (χ3n) is 1.65. The van der Waals surface area contributed by atoms with Crippen molar-refractivity contribution in [2.45, 2.75) is 25.5 Å². The Morgan fingerprint density at radius 2 is 2.33 bits per heavy atom. The van der Waals surface area contributed by atoms with Crippen LogP contribution in [0.25, 0.3) is 0 Å². The summed E-state index contributed by atoms with van der Waals surface area (Å²) >= 11 is 0. The average molecular weight is 128 g/mol. The van der Waals surface area contributed by atoms with Crippen LogP contribution in [0.15, 0.2) is 0 Å². The van der Waals surface area contributed by atoms with Crippen LogP contribution in [0, 0.1) is 7.05 Å². The van der Waals surface area contributed by atoms with Gasteiger partial charge in [-0.25, -0.2) is 0 Å². The van der Waals surface area contributed by atoms with Crippen LogP contribution in [0.5, 0.6) is 0 Å². The van der Waals surface area contributed by atoms with Crippen LogP contribution in [0.2, 0.25) is 0 Å². The van der Waals surface area contributed by atoms with Crippen LogP contribution in [-0.2, 0) is 4.74 Å². The van der Waals surface area contributed by atoms with Crippen molar-refractivity contribution in [3.63, 3.8) is 0 Å². The Morgan fingerprint density at radius 1 is 1.56 bits per heavy atom. The molecule has 1 fully saturated rings. The smallest absolute Gasteiger partial charge is 0.110 e. The quantitative estimate of drug-likeness (QED) is 0.526. The zero-order valence-electron chi connectivity index (χ0n) is 5.97. The molecule has 0 spiro atoms. The van der Waals surface area contributed by atoms with E-state index >= 15 is 0 Å². The molecule has 53 valence electrons. The van der Waals surface area contributed by atoms with Gasteiger partial charge in [-0.15, -0.1) is 0 Å². The molecule has 2 heteroatoms. The van der Waals surface area contributed by atoms with E-state index in [1.807, 2.05) is 11.9 Å². The maximum atomic E-state index is 5.40. The topological polar surface area (TPSA) is 12.5 Å². The molecular formula is C7H14NO. The summed E-state index contributed by atoms with van der Waals surface area (Å²) in [6, 6.07) is 0. The molecule has 1 rings (SSSR count). The molecule has 0 saturated carbocycles. The fourth-order valence-corrected chi connectivity index (χ4v) is 1.07. The Bertz CT molecular complexity index is 77.0. The molecule has 1 saturated heterocycles. The number of hydrogen-bond acceptors (Lipinski definition) is 2. The highest BCUT2D eigenvalue weighted by atomic mass is 16.5. The highest BCUT2D eigenvalue weighted by molar-refractivity contribution is 4.61. The first kappa shape index (κ1) is 7.03. The zero-order chi connectivity index (χ0) is 6.69. The summed E-state index contributed by atoms with van der Waals surface area (Å²) in [5, 5.41) is 0. The molecular weight excluding hydrogens is 114 g/mol. The van der Waals surface area contributed by atoms with Crippen molar-refractivity contribution in [1.82, 2.24) is 4.90 Å². The van der Waals surface area contributed by atoms with Crippen LogP contribution in [0.4, 0.5) is 0 Å². The molecule has 9 heavy (non-hydrogen) atoms. The van der Waals surface area contributed by atoms with Gasteiger partial charge < -0.3 is 4.74 Å². The summed E-state index contributed by atoms with van der Waals surface area (Å²) in [5.41, 5.74) is 0. The Labute approximate surface area is 56.8 Å². The normalized spacial score (nSPS) is 29.0. The maximum Gasteiger partial charge on any atom is 0.110 e. The van der Waals surface area contributed by atoms with Gasteiger partial charge in [-0.05, 0) is 26.3 Å². The fraction of sp³-hybridized carbons (Fsp3) is 0.857. The molecule has 1 atom stereocenters. The van der Waals surface area contributed by atoms with Crippen molar-refractivity contribution in [3.05, 3.63) is 7.05 Å². The van der Waals surface area contributed by atoms with E-state index in [0.29, 0.717) is 0 Å². The van der Waals surface area contributed by atoms with Gasteiger partial charge in [0.2, 0.25) is 0 Å². The second kappa shape index (κ2) is 3.18.